The maximum absolute atomic E-state index is 13.6. The number of furan rings is 1. The van der Waals surface area contributed by atoms with Gasteiger partial charge in [-0.3, -0.25) is 0 Å². The molecule has 3 aromatic carbocycles. The minimum Gasteiger partial charge on any atom is -0.494 e. The van der Waals surface area contributed by atoms with E-state index in [-0.39, 0.29) is 15.7 Å². The van der Waals surface area contributed by atoms with Crippen LogP contribution in [0.15, 0.2) is 74.9 Å². The van der Waals surface area contributed by atoms with E-state index >= 15 is 0 Å². The first-order valence-corrected chi connectivity index (χ1v) is 15.0. The lowest BCUT2D eigenvalue weighted by Gasteiger charge is -2.18. The predicted octanol–water partition coefficient (Wildman–Crippen LogP) is 6.66. The number of ether oxygens (including phenoxy) is 3. The van der Waals surface area contributed by atoms with Crippen molar-refractivity contribution in [1.29, 1.82) is 0 Å². The van der Waals surface area contributed by atoms with Crippen LogP contribution in [0.5, 0.6) is 17.2 Å². The molecule has 0 saturated carbocycles. The molecule has 40 heavy (non-hydrogen) atoms. The van der Waals surface area contributed by atoms with Crippen molar-refractivity contribution in [2.75, 3.05) is 41.0 Å². The number of nitrogens with zero attached hydrogens (tertiary/aromatic N) is 1. The van der Waals surface area contributed by atoms with E-state index in [1.165, 1.54) is 5.56 Å². The molecule has 4 rings (SSSR count). The van der Waals surface area contributed by atoms with E-state index in [2.05, 4.69) is 18.0 Å². The van der Waals surface area contributed by atoms with Crippen molar-refractivity contribution in [3.8, 4) is 17.2 Å². The van der Waals surface area contributed by atoms with Crippen molar-refractivity contribution in [2.24, 2.45) is 0 Å². The molecular weight excluding hydrogens is 526 g/mol. The molecular formula is C32H39NO6S. The molecule has 0 radical (unpaired) electrons. The summed E-state index contributed by atoms with van der Waals surface area (Å²) in [5, 5.41) is 0.608. The average Bonchev–Trinajstić information content (AvgIpc) is 3.35. The van der Waals surface area contributed by atoms with Crippen LogP contribution < -0.4 is 14.2 Å². The summed E-state index contributed by atoms with van der Waals surface area (Å²) in [6.07, 6.45) is 1.75. The molecule has 0 amide bonds. The maximum Gasteiger partial charge on any atom is 0.210 e. The van der Waals surface area contributed by atoms with Crippen LogP contribution >= 0.6 is 0 Å². The summed E-state index contributed by atoms with van der Waals surface area (Å²) in [4.78, 5) is 2.74. The van der Waals surface area contributed by atoms with Gasteiger partial charge in [0, 0.05) is 24.4 Å². The van der Waals surface area contributed by atoms with E-state index in [4.69, 9.17) is 18.6 Å². The van der Waals surface area contributed by atoms with E-state index in [1.807, 2.05) is 39.0 Å². The van der Waals surface area contributed by atoms with Gasteiger partial charge in [0.15, 0.2) is 11.5 Å². The second-order valence-corrected chi connectivity index (χ2v) is 12.2. The van der Waals surface area contributed by atoms with Crippen LogP contribution in [-0.2, 0) is 16.3 Å². The molecule has 7 nitrogen and oxygen atoms in total. The zero-order valence-corrected chi connectivity index (χ0v) is 25.0. The quantitative estimate of drug-likeness (QED) is 0.168. The van der Waals surface area contributed by atoms with Crippen LogP contribution in [0.2, 0.25) is 0 Å². The number of hydrogen-bond donors (Lipinski definition) is 0. The van der Waals surface area contributed by atoms with Gasteiger partial charge in [-0.05, 0) is 80.4 Å². The van der Waals surface area contributed by atoms with Gasteiger partial charge in [-0.1, -0.05) is 32.0 Å². The SMILES string of the molecule is COc1cc(CCN(C)CCCOc2ccc(S(=O)(=O)c3c(C(C)C)oc4ccccc34)cc2)cc(C)c1OC. The summed E-state index contributed by atoms with van der Waals surface area (Å²) < 4.78 is 50.0. The lowest BCUT2D eigenvalue weighted by atomic mass is 10.1. The Bertz CT molecular complexity index is 1540. The predicted molar refractivity (Wildman–Crippen MR) is 158 cm³/mol. The monoisotopic (exact) mass is 565 g/mol. The third-order valence-corrected chi connectivity index (χ3v) is 8.81. The van der Waals surface area contributed by atoms with E-state index in [0.29, 0.717) is 29.1 Å². The fraction of sp³-hybridized carbons (Fsp3) is 0.375. The largest absolute Gasteiger partial charge is 0.494 e. The molecule has 4 aromatic rings. The van der Waals surface area contributed by atoms with Crippen LogP contribution in [0, 0.1) is 6.92 Å². The Morgan fingerprint density at radius 1 is 0.950 bits per heavy atom. The maximum atomic E-state index is 13.6. The molecule has 1 heterocycles. The van der Waals surface area contributed by atoms with Gasteiger partial charge in [0.2, 0.25) is 9.84 Å². The van der Waals surface area contributed by atoms with Crippen molar-refractivity contribution in [1.82, 2.24) is 4.90 Å². The first-order chi connectivity index (χ1) is 19.1. The molecule has 0 bridgehead atoms. The zero-order chi connectivity index (χ0) is 28.9. The fourth-order valence-corrected chi connectivity index (χ4v) is 6.59. The Hall–Kier alpha value is -3.49. The van der Waals surface area contributed by atoms with Crippen molar-refractivity contribution in [2.45, 2.75) is 49.3 Å². The summed E-state index contributed by atoms with van der Waals surface area (Å²) in [5.41, 5.74) is 2.84. The number of aryl methyl sites for hydroxylation is 1. The minimum atomic E-state index is -3.76. The Morgan fingerprint density at radius 3 is 2.35 bits per heavy atom. The number of para-hydroxylation sites is 1. The highest BCUT2D eigenvalue weighted by Gasteiger charge is 2.29. The van der Waals surface area contributed by atoms with Gasteiger partial charge in [-0.25, -0.2) is 8.42 Å². The van der Waals surface area contributed by atoms with E-state index < -0.39 is 9.84 Å². The lowest BCUT2D eigenvalue weighted by Crippen LogP contribution is -2.23. The normalized spacial score (nSPS) is 11.9. The second kappa shape index (κ2) is 12.8. The average molecular weight is 566 g/mol. The Labute approximate surface area is 237 Å². The smallest absolute Gasteiger partial charge is 0.210 e. The van der Waals surface area contributed by atoms with Crippen LogP contribution in [-0.4, -0.2) is 54.3 Å². The third kappa shape index (κ3) is 6.45. The lowest BCUT2D eigenvalue weighted by molar-refractivity contribution is 0.264. The third-order valence-electron chi connectivity index (χ3n) is 6.96. The van der Waals surface area contributed by atoms with Crippen LogP contribution in [0.25, 0.3) is 11.0 Å². The number of sulfone groups is 1. The molecule has 214 valence electrons. The fourth-order valence-electron chi connectivity index (χ4n) is 4.86. The topological polar surface area (TPSA) is 78.2 Å². The Morgan fingerprint density at radius 2 is 1.68 bits per heavy atom. The first kappa shape index (κ1) is 29.5. The Balaban J connectivity index is 1.31. The van der Waals surface area contributed by atoms with Gasteiger partial charge in [0.1, 0.15) is 22.0 Å². The Kier molecular flexibility index (Phi) is 9.43. The van der Waals surface area contributed by atoms with Crippen molar-refractivity contribution in [3.63, 3.8) is 0 Å². The molecule has 0 aliphatic heterocycles. The molecule has 0 spiro atoms. The van der Waals surface area contributed by atoms with Gasteiger partial charge in [0.05, 0.1) is 25.7 Å². The number of fused-ring (bicyclic) bond motifs is 1. The molecule has 1 aromatic heterocycles. The molecule has 8 heteroatoms. The highest BCUT2D eigenvalue weighted by Crippen LogP contribution is 2.38. The van der Waals surface area contributed by atoms with Gasteiger partial charge < -0.3 is 23.5 Å². The number of benzene rings is 3. The highest BCUT2D eigenvalue weighted by molar-refractivity contribution is 7.91. The first-order valence-electron chi connectivity index (χ1n) is 13.5. The zero-order valence-electron chi connectivity index (χ0n) is 24.2. The number of hydrogen-bond acceptors (Lipinski definition) is 7. The summed E-state index contributed by atoms with van der Waals surface area (Å²) in [5.74, 6) is 2.58. The second-order valence-electron chi connectivity index (χ2n) is 10.3. The standard InChI is InChI=1S/C32H39NO6S/c1-22(2)30-32(27-10-7-8-11-28(27)39-30)40(34,35)26-14-12-25(13-15-26)38-19-9-17-33(4)18-16-24-20-23(3)31(37-6)29(21-24)36-5/h7-8,10-15,20-22H,9,16-19H2,1-6H3. The summed E-state index contributed by atoms with van der Waals surface area (Å²) >= 11 is 0. The van der Waals surface area contributed by atoms with Gasteiger partial charge >= 0.3 is 0 Å². The number of likely N-dealkylation sites (N-methyl/N-ethyl adjacent to an activating group) is 1. The molecule has 0 atom stereocenters. The van der Waals surface area contributed by atoms with Crippen molar-refractivity contribution >= 4 is 20.8 Å². The molecule has 0 N–H and O–H groups in total. The molecule has 0 aliphatic carbocycles. The van der Waals surface area contributed by atoms with Gasteiger partial charge in [0.25, 0.3) is 0 Å². The molecule has 0 saturated heterocycles. The summed E-state index contributed by atoms with van der Waals surface area (Å²) in [7, 11) is 1.64. The van der Waals surface area contributed by atoms with Crippen LogP contribution in [0.3, 0.4) is 0 Å². The van der Waals surface area contributed by atoms with Gasteiger partial charge in [-0.2, -0.15) is 0 Å². The minimum absolute atomic E-state index is 0.0685. The molecule has 0 aliphatic rings. The molecule has 0 fully saturated rings. The summed E-state index contributed by atoms with van der Waals surface area (Å²) in [6, 6.07) is 18.1. The summed E-state index contributed by atoms with van der Waals surface area (Å²) in [6.45, 7) is 8.21. The highest BCUT2D eigenvalue weighted by atomic mass is 32.2. The number of methoxy groups -OCH3 is 2. The van der Waals surface area contributed by atoms with Crippen LogP contribution in [0.1, 0.15) is 43.1 Å². The van der Waals surface area contributed by atoms with Gasteiger partial charge in [-0.15, -0.1) is 0 Å². The van der Waals surface area contributed by atoms with Crippen molar-refractivity contribution < 1.29 is 27.0 Å². The van der Waals surface area contributed by atoms with E-state index in [9.17, 15) is 8.42 Å². The van der Waals surface area contributed by atoms with E-state index in [1.54, 1.807) is 50.6 Å². The van der Waals surface area contributed by atoms with E-state index in [0.717, 1.165) is 43.0 Å². The molecule has 0 unspecified atom stereocenters. The van der Waals surface area contributed by atoms with Crippen LogP contribution in [0.4, 0.5) is 0 Å². The number of rotatable bonds is 13. The van der Waals surface area contributed by atoms with Crippen molar-refractivity contribution in [3.05, 3.63) is 77.6 Å².